The van der Waals surface area contributed by atoms with Gasteiger partial charge in [0, 0.05) is 30.6 Å². The van der Waals surface area contributed by atoms with Gasteiger partial charge in [0.2, 0.25) is 0 Å². The number of carboxylic acid groups (broad SMARTS) is 1. The Hall–Kier alpha value is -3.84. The van der Waals surface area contributed by atoms with Crippen LogP contribution in [0.5, 0.6) is 0 Å². The SMILES string of the molecule is CN(C)c1cccc2c(S(=O)(=O)Nc3ccccc3CCCCCc3ccccc3C(=O)O)cccc12. The fourth-order valence-corrected chi connectivity index (χ4v) is 6.00. The van der Waals surface area contributed by atoms with E-state index in [4.69, 9.17) is 0 Å². The molecule has 0 radical (unpaired) electrons. The Bertz CT molecular complexity index is 1510. The first-order chi connectivity index (χ1) is 17.8. The first kappa shape index (κ1) is 26.2. The summed E-state index contributed by atoms with van der Waals surface area (Å²) < 4.78 is 29.8. The van der Waals surface area contributed by atoms with E-state index in [2.05, 4.69) is 4.72 Å². The van der Waals surface area contributed by atoms with Crippen LogP contribution < -0.4 is 9.62 Å². The molecule has 0 aromatic heterocycles. The Morgan fingerprint density at radius 2 is 1.38 bits per heavy atom. The molecule has 0 fully saturated rings. The summed E-state index contributed by atoms with van der Waals surface area (Å²) in [5.74, 6) is -0.902. The fourth-order valence-electron chi connectivity index (χ4n) is 4.68. The van der Waals surface area contributed by atoms with Crippen molar-refractivity contribution in [1.82, 2.24) is 0 Å². The number of anilines is 2. The van der Waals surface area contributed by atoms with Gasteiger partial charge in [0.1, 0.15) is 0 Å². The predicted octanol–water partition coefficient (Wildman–Crippen LogP) is 6.36. The van der Waals surface area contributed by atoms with Crippen molar-refractivity contribution >= 4 is 38.1 Å². The number of nitrogens with one attached hydrogen (secondary N) is 1. The molecule has 0 saturated carbocycles. The number of hydrogen-bond acceptors (Lipinski definition) is 4. The molecule has 0 aliphatic carbocycles. The monoisotopic (exact) mass is 516 g/mol. The highest BCUT2D eigenvalue weighted by molar-refractivity contribution is 7.93. The first-order valence-corrected chi connectivity index (χ1v) is 13.9. The molecule has 4 aromatic carbocycles. The smallest absolute Gasteiger partial charge is 0.335 e. The molecule has 0 atom stereocenters. The van der Waals surface area contributed by atoms with Gasteiger partial charge in [-0.15, -0.1) is 0 Å². The molecule has 0 aliphatic heterocycles. The highest BCUT2D eigenvalue weighted by Crippen LogP contribution is 2.31. The molecule has 4 aromatic rings. The largest absolute Gasteiger partial charge is 0.478 e. The van der Waals surface area contributed by atoms with Crippen LogP contribution in [0, 0.1) is 0 Å². The van der Waals surface area contributed by atoms with Crippen molar-refractivity contribution in [3.05, 3.63) is 102 Å². The van der Waals surface area contributed by atoms with Crippen LogP contribution in [0.15, 0.2) is 89.8 Å². The van der Waals surface area contributed by atoms with Gasteiger partial charge in [-0.1, -0.05) is 67.1 Å². The van der Waals surface area contributed by atoms with Gasteiger partial charge < -0.3 is 10.0 Å². The second-order valence-electron chi connectivity index (χ2n) is 9.31. The zero-order chi connectivity index (χ0) is 26.4. The van der Waals surface area contributed by atoms with Crippen LogP contribution in [0.4, 0.5) is 11.4 Å². The number of unbranched alkanes of at least 4 members (excludes halogenated alkanes) is 2. The number of aromatic carboxylic acids is 1. The highest BCUT2D eigenvalue weighted by Gasteiger charge is 2.20. The van der Waals surface area contributed by atoms with Crippen molar-refractivity contribution in [1.29, 1.82) is 0 Å². The quantitative estimate of drug-likeness (QED) is 0.227. The molecule has 7 heteroatoms. The van der Waals surface area contributed by atoms with Crippen LogP contribution in [-0.4, -0.2) is 33.6 Å². The Morgan fingerprint density at radius 1 is 0.757 bits per heavy atom. The molecule has 0 unspecified atom stereocenters. The van der Waals surface area contributed by atoms with Crippen LogP contribution in [0.2, 0.25) is 0 Å². The molecule has 37 heavy (non-hydrogen) atoms. The van der Waals surface area contributed by atoms with Gasteiger partial charge >= 0.3 is 5.97 Å². The average molecular weight is 517 g/mol. The number of rotatable bonds is 11. The predicted molar refractivity (Wildman–Crippen MR) is 150 cm³/mol. The van der Waals surface area contributed by atoms with Gasteiger partial charge in [-0.2, -0.15) is 0 Å². The summed E-state index contributed by atoms with van der Waals surface area (Å²) in [6.07, 6.45) is 4.06. The molecule has 4 rings (SSSR count). The second kappa shape index (κ2) is 11.5. The molecular formula is C30H32N2O4S. The Morgan fingerprint density at radius 3 is 2.11 bits per heavy atom. The summed E-state index contributed by atoms with van der Waals surface area (Å²) >= 11 is 0. The number of benzene rings is 4. The summed E-state index contributed by atoms with van der Waals surface area (Å²) in [4.78, 5) is 13.6. The first-order valence-electron chi connectivity index (χ1n) is 12.4. The molecule has 0 spiro atoms. The third-order valence-electron chi connectivity index (χ3n) is 6.53. The lowest BCUT2D eigenvalue weighted by Crippen LogP contribution is -2.15. The van der Waals surface area contributed by atoms with E-state index in [-0.39, 0.29) is 4.90 Å². The fraction of sp³-hybridized carbons (Fsp3) is 0.233. The maximum atomic E-state index is 13.5. The maximum Gasteiger partial charge on any atom is 0.335 e. The Balaban J connectivity index is 1.45. The van der Waals surface area contributed by atoms with Gasteiger partial charge in [0.15, 0.2) is 0 Å². The molecule has 6 nitrogen and oxygen atoms in total. The zero-order valence-corrected chi connectivity index (χ0v) is 22.0. The third kappa shape index (κ3) is 6.12. The van der Waals surface area contributed by atoms with E-state index in [1.165, 1.54) is 0 Å². The van der Waals surface area contributed by atoms with Gasteiger partial charge in [0.05, 0.1) is 16.1 Å². The van der Waals surface area contributed by atoms with Crippen LogP contribution in [0.1, 0.15) is 40.7 Å². The number of fused-ring (bicyclic) bond motifs is 1. The zero-order valence-electron chi connectivity index (χ0n) is 21.1. The number of aryl methyl sites for hydroxylation is 2. The highest BCUT2D eigenvalue weighted by atomic mass is 32.2. The van der Waals surface area contributed by atoms with Crippen LogP contribution in [0.3, 0.4) is 0 Å². The molecule has 0 saturated heterocycles. The molecule has 192 valence electrons. The van der Waals surface area contributed by atoms with E-state index in [0.717, 1.165) is 47.9 Å². The number of sulfonamides is 1. The molecule has 0 aliphatic rings. The lowest BCUT2D eigenvalue weighted by atomic mass is 9.99. The summed E-state index contributed by atoms with van der Waals surface area (Å²) in [6.45, 7) is 0. The van der Waals surface area contributed by atoms with Gasteiger partial charge in [-0.05, 0) is 61.1 Å². The Labute approximate surface area is 218 Å². The van der Waals surface area contributed by atoms with Crippen LogP contribution in [-0.2, 0) is 22.9 Å². The van der Waals surface area contributed by atoms with E-state index in [1.807, 2.05) is 73.6 Å². The van der Waals surface area contributed by atoms with Crippen molar-refractivity contribution in [2.45, 2.75) is 37.0 Å². The number of carbonyl (C=O) groups is 1. The minimum atomic E-state index is -3.81. The number of nitrogens with zero attached hydrogens (tertiary/aromatic N) is 1. The molecule has 0 heterocycles. The molecular weight excluding hydrogens is 484 g/mol. The number of hydrogen-bond donors (Lipinski definition) is 2. The van der Waals surface area contributed by atoms with Crippen molar-refractivity contribution in [2.24, 2.45) is 0 Å². The minimum absolute atomic E-state index is 0.251. The summed E-state index contributed by atoms with van der Waals surface area (Å²) in [7, 11) is 0.0665. The van der Waals surface area contributed by atoms with Crippen LogP contribution in [0.25, 0.3) is 10.8 Å². The van der Waals surface area contributed by atoms with E-state index in [9.17, 15) is 18.3 Å². The lowest BCUT2D eigenvalue weighted by molar-refractivity contribution is 0.0695. The van der Waals surface area contributed by atoms with Crippen molar-refractivity contribution in [3.8, 4) is 0 Å². The summed E-state index contributed by atoms with van der Waals surface area (Å²) in [6, 6.07) is 25.6. The van der Waals surface area contributed by atoms with E-state index in [1.54, 1.807) is 30.3 Å². The van der Waals surface area contributed by atoms with E-state index in [0.29, 0.717) is 23.1 Å². The normalized spacial score (nSPS) is 11.4. The van der Waals surface area contributed by atoms with E-state index < -0.39 is 16.0 Å². The summed E-state index contributed by atoms with van der Waals surface area (Å²) in [5.41, 5.74) is 3.68. The Kier molecular flexibility index (Phi) is 8.14. The van der Waals surface area contributed by atoms with Crippen molar-refractivity contribution in [3.63, 3.8) is 0 Å². The van der Waals surface area contributed by atoms with E-state index >= 15 is 0 Å². The average Bonchev–Trinajstić information content (AvgIpc) is 2.88. The molecule has 0 amide bonds. The number of carboxylic acids is 1. The standard InChI is InChI=1S/C30H32N2O4S/c1-32(2)28-20-10-18-26-25(28)17-11-21-29(26)37(35,36)31-27-19-9-7-15-23(27)14-5-3-4-12-22-13-6-8-16-24(22)30(33)34/h6-11,13,15-21,31H,3-5,12,14H2,1-2H3,(H,33,34). The number of para-hydroxylation sites is 1. The minimum Gasteiger partial charge on any atom is -0.478 e. The third-order valence-corrected chi connectivity index (χ3v) is 7.96. The van der Waals surface area contributed by atoms with Gasteiger partial charge in [-0.3, -0.25) is 4.72 Å². The van der Waals surface area contributed by atoms with Crippen molar-refractivity contribution in [2.75, 3.05) is 23.7 Å². The van der Waals surface area contributed by atoms with Gasteiger partial charge in [0.25, 0.3) is 10.0 Å². The molecule has 2 N–H and O–H groups in total. The summed E-state index contributed by atoms with van der Waals surface area (Å²) in [5, 5.41) is 10.9. The topological polar surface area (TPSA) is 86.7 Å². The van der Waals surface area contributed by atoms with Gasteiger partial charge in [-0.25, -0.2) is 13.2 Å². The molecule has 0 bridgehead atoms. The van der Waals surface area contributed by atoms with Crippen LogP contribution >= 0.6 is 0 Å². The van der Waals surface area contributed by atoms with Crippen molar-refractivity contribution < 1.29 is 18.3 Å². The second-order valence-corrected chi connectivity index (χ2v) is 11.0. The lowest BCUT2D eigenvalue weighted by Gasteiger charge is -2.18. The maximum absolute atomic E-state index is 13.5.